The van der Waals surface area contributed by atoms with Crippen molar-refractivity contribution in [3.63, 3.8) is 0 Å². The zero-order chi connectivity index (χ0) is 18.7. The van der Waals surface area contributed by atoms with Crippen LogP contribution in [0.15, 0.2) is 48.5 Å². The van der Waals surface area contributed by atoms with Crippen molar-refractivity contribution in [3.8, 4) is 0 Å². The first-order valence-electron chi connectivity index (χ1n) is 9.12. The average Bonchev–Trinajstić information content (AvgIpc) is 2.98. The van der Waals surface area contributed by atoms with Gasteiger partial charge in [0.15, 0.2) is 0 Å². The van der Waals surface area contributed by atoms with Crippen LogP contribution in [-0.2, 0) is 16.1 Å². The van der Waals surface area contributed by atoms with Crippen molar-refractivity contribution in [2.75, 3.05) is 6.54 Å². The predicted octanol–water partition coefficient (Wildman–Crippen LogP) is 3.53. The Kier molecular flexibility index (Phi) is 5.40. The van der Waals surface area contributed by atoms with E-state index in [1.807, 2.05) is 69.3 Å². The summed E-state index contributed by atoms with van der Waals surface area (Å²) in [6.07, 6.45) is 0.290. The van der Waals surface area contributed by atoms with Crippen molar-refractivity contribution in [2.24, 2.45) is 5.92 Å². The van der Waals surface area contributed by atoms with Gasteiger partial charge in [0.05, 0.1) is 12.0 Å². The number of nitrogens with one attached hydrogen (secondary N) is 1. The van der Waals surface area contributed by atoms with Crippen molar-refractivity contribution < 1.29 is 9.59 Å². The molecule has 2 unspecified atom stereocenters. The fourth-order valence-electron chi connectivity index (χ4n) is 3.28. The fraction of sp³-hybridized carbons (Fsp3) is 0.364. The van der Waals surface area contributed by atoms with E-state index in [0.717, 1.165) is 11.1 Å². The molecule has 0 radical (unpaired) electrons. The van der Waals surface area contributed by atoms with E-state index in [9.17, 15) is 9.59 Å². The van der Waals surface area contributed by atoms with E-state index in [-0.39, 0.29) is 30.2 Å². The van der Waals surface area contributed by atoms with Crippen LogP contribution in [0.2, 0.25) is 0 Å². The van der Waals surface area contributed by atoms with Crippen LogP contribution in [0.25, 0.3) is 0 Å². The van der Waals surface area contributed by atoms with E-state index in [2.05, 4.69) is 5.32 Å². The van der Waals surface area contributed by atoms with Crippen molar-refractivity contribution in [2.45, 2.75) is 39.8 Å². The number of rotatable bonds is 5. The molecule has 0 aromatic heterocycles. The first-order chi connectivity index (χ1) is 12.4. The zero-order valence-electron chi connectivity index (χ0n) is 15.7. The van der Waals surface area contributed by atoms with Gasteiger partial charge in [0.25, 0.3) is 0 Å². The number of aryl methyl sites for hydroxylation is 2. The van der Waals surface area contributed by atoms with Gasteiger partial charge >= 0.3 is 0 Å². The molecule has 4 heteroatoms. The van der Waals surface area contributed by atoms with Crippen LogP contribution < -0.4 is 5.32 Å². The molecule has 26 heavy (non-hydrogen) atoms. The lowest BCUT2D eigenvalue weighted by Gasteiger charge is -2.19. The highest BCUT2D eigenvalue weighted by Crippen LogP contribution is 2.22. The molecule has 2 amide bonds. The molecule has 2 aromatic carbocycles. The number of benzene rings is 2. The van der Waals surface area contributed by atoms with E-state index in [1.165, 1.54) is 11.1 Å². The Morgan fingerprint density at radius 3 is 2.27 bits per heavy atom. The van der Waals surface area contributed by atoms with Gasteiger partial charge in [0.2, 0.25) is 11.8 Å². The minimum Gasteiger partial charge on any atom is -0.349 e. The zero-order valence-corrected chi connectivity index (χ0v) is 15.7. The van der Waals surface area contributed by atoms with Crippen LogP contribution in [-0.4, -0.2) is 23.3 Å². The third-order valence-corrected chi connectivity index (χ3v) is 5.02. The maximum Gasteiger partial charge on any atom is 0.225 e. The van der Waals surface area contributed by atoms with Crippen molar-refractivity contribution in [1.82, 2.24) is 10.2 Å². The average molecular weight is 350 g/mol. The molecule has 0 spiro atoms. The van der Waals surface area contributed by atoms with E-state index in [0.29, 0.717) is 13.1 Å². The van der Waals surface area contributed by atoms with Crippen LogP contribution in [0.4, 0.5) is 0 Å². The van der Waals surface area contributed by atoms with Gasteiger partial charge in [-0.05, 0) is 31.9 Å². The SMILES string of the molecule is Cc1ccc(CN2CC(C(=O)NC(C)c3ccc(C)cc3)CC2=O)cc1. The highest BCUT2D eigenvalue weighted by atomic mass is 16.2. The highest BCUT2D eigenvalue weighted by Gasteiger charge is 2.34. The molecule has 1 saturated heterocycles. The van der Waals surface area contributed by atoms with Gasteiger partial charge in [0.1, 0.15) is 0 Å². The minimum atomic E-state index is -0.277. The molecule has 1 fully saturated rings. The van der Waals surface area contributed by atoms with Crippen LogP contribution in [0.3, 0.4) is 0 Å². The second-order valence-electron chi connectivity index (χ2n) is 7.30. The van der Waals surface area contributed by atoms with Crippen LogP contribution >= 0.6 is 0 Å². The molecule has 1 heterocycles. The number of amides is 2. The summed E-state index contributed by atoms with van der Waals surface area (Å²) in [5, 5.41) is 3.05. The molecule has 2 atom stereocenters. The Labute approximate surface area is 155 Å². The summed E-state index contributed by atoms with van der Waals surface area (Å²) in [6.45, 7) is 7.11. The van der Waals surface area contributed by atoms with E-state index in [1.54, 1.807) is 4.90 Å². The van der Waals surface area contributed by atoms with Crippen LogP contribution in [0.1, 0.15) is 41.6 Å². The summed E-state index contributed by atoms with van der Waals surface area (Å²) < 4.78 is 0. The van der Waals surface area contributed by atoms with Crippen LogP contribution in [0.5, 0.6) is 0 Å². The summed E-state index contributed by atoms with van der Waals surface area (Å²) in [7, 11) is 0. The molecule has 1 aliphatic rings. The third kappa shape index (κ3) is 4.31. The summed E-state index contributed by atoms with van der Waals surface area (Å²) in [6, 6.07) is 16.2. The fourth-order valence-corrected chi connectivity index (χ4v) is 3.28. The summed E-state index contributed by atoms with van der Waals surface area (Å²) >= 11 is 0. The van der Waals surface area contributed by atoms with Crippen LogP contribution in [0, 0.1) is 19.8 Å². The predicted molar refractivity (Wildman–Crippen MR) is 102 cm³/mol. The van der Waals surface area contributed by atoms with E-state index in [4.69, 9.17) is 0 Å². The standard InChI is InChI=1S/C22H26N2O2/c1-15-4-8-18(9-5-15)13-24-14-20(12-21(24)25)22(26)23-17(3)19-10-6-16(2)7-11-19/h4-11,17,20H,12-14H2,1-3H3,(H,23,26). The quantitative estimate of drug-likeness (QED) is 0.897. The maximum atomic E-state index is 12.6. The molecule has 0 bridgehead atoms. The lowest BCUT2D eigenvalue weighted by molar-refractivity contribution is -0.129. The van der Waals surface area contributed by atoms with Gasteiger partial charge in [0, 0.05) is 19.5 Å². The monoisotopic (exact) mass is 350 g/mol. The smallest absolute Gasteiger partial charge is 0.225 e. The number of nitrogens with zero attached hydrogens (tertiary/aromatic N) is 1. The van der Waals surface area contributed by atoms with Gasteiger partial charge in [-0.15, -0.1) is 0 Å². The topological polar surface area (TPSA) is 49.4 Å². The minimum absolute atomic E-state index is 0.0437. The summed E-state index contributed by atoms with van der Waals surface area (Å²) in [5.74, 6) is -0.271. The second-order valence-corrected chi connectivity index (χ2v) is 7.30. The largest absolute Gasteiger partial charge is 0.349 e. The Bertz CT molecular complexity index is 781. The lowest BCUT2D eigenvalue weighted by Crippen LogP contribution is -2.34. The van der Waals surface area contributed by atoms with E-state index >= 15 is 0 Å². The molecular formula is C22H26N2O2. The van der Waals surface area contributed by atoms with Gasteiger partial charge in [-0.3, -0.25) is 9.59 Å². The number of hydrogen-bond donors (Lipinski definition) is 1. The van der Waals surface area contributed by atoms with Gasteiger partial charge in [-0.2, -0.15) is 0 Å². The summed E-state index contributed by atoms with van der Waals surface area (Å²) in [5.41, 5.74) is 4.56. The molecule has 1 N–H and O–H groups in total. The Hall–Kier alpha value is -2.62. The number of carbonyl (C=O) groups excluding carboxylic acids is 2. The van der Waals surface area contributed by atoms with Crippen molar-refractivity contribution in [1.29, 1.82) is 0 Å². The second kappa shape index (κ2) is 7.73. The first-order valence-corrected chi connectivity index (χ1v) is 9.12. The van der Waals surface area contributed by atoms with E-state index < -0.39 is 0 Å². The van der Waals surface area contributed by atoms with Crippen molar-refractivity contribution >= 4 is 11.8 Å². The normalized spacial score (nSPS) is 18.0. The van der Waals surface area contributed by atoms with Gasteiger partial charge in [-0.1, -0.05) is 59.7 Å². The van der Waals surface area contributed by atoms with Gasteiger partial charge < -0.3 is 10.2 Å². The Morgan fingerprint density at radius 2 is 1.65 bits per heavy atom. The third-order valence-electron chi connectivity index (χ3n) is 5.02. The molecule has 136 valence electrons. The Balaban J connectivity index is 1.57. The summed E-state index contributed by atoms with van der Waals surface area (Å²) in [4.78, 5) is 26.7. The molecule has 1 aliphatic heterocycles. The maximum absolute atomic E-state index is 12.6. The van der Waals surface area contributed by atoms with Gasteiger partial charge in [-0.25, -0.2) is 0 Å². The number of hydrogen-bond acceptors (Lipinski definition) is 2. The molecule has 4 nitrogen and oxygen atoms in total. The number of carbonyl (C=O) groups is 2. The molecule has 3 rings (SSSR count). The first kappa shape index (κ1) is 18.2. The molecule has 0 saturated carbocycles. The molecule has 2 aromatic rings. The molecule has 0 aliphatic carbocycles. The number of likely N-dealkylation sites (tertiary alicyclic amines) is 1. The van der Waals surface area contributed by atoms with Crippen molar-refractivity contribution in [3.05, 3.63) is 70.8 Å². The Morgan fingerprint density at radius 1 is 1.08 bits per heavy atom. The lowest BCUT2D eigenvalue weighted by atomic mass is 10.0. The molecular weight excluding hydrogens is 324 g/mol. The highest BCUT2D eigenvalue weighted by molar-refractivity contribution is 5.89.